The van der Waals surface area contributed by atoms with E-state index in [0.29, 0.717) is 6.73 Å². The lowest BCUT2D eigenvalue weighted by Gasteiger charge is -2.43. The van der Waals surface area contributed by atoms with Crippen LogP contribution in [0.25, 0.3) is 11.0 Å². The number of ether oxygens (including phenoxy) is 1. The summed E-state index contributed by atoms with van der Waals surface area (Å²) in [5.41, 5.74) is 4.34. The third-order valence-corrected chi connectivity index (χ3v) is 7.17. The minimum Gasteiger partial charge on any atom is -0.472 e. The molecule has 0 amide bonds. The minimum atomic E-state index is -0.409. The second kappa shape index (κ2) is 9.44. The highest BCUT2D eigenvalue weighted by Crippen LogP contribution is 2.52. The molecule has 166 valence electrons. The van der Waals surface area contributed by atoms with E-state index in [1.165, 1.54) is 31.2 Å². The Morgan fingerprint density at radius 1 is 1.06 bits per heavy atom. The molecule has 2 aromatic carbocycles. The molecule has 0 radical (unpaired) electrons. The van der Waals surface area contributed by atoms with Crippen molar-refractivity contribution < 1.29 is 9.84 Å². The Morgan fingerprint density at radius 2 is 1.81 bits per heavy atom. The molecule has 31 heavy (non-hydrogen) atoms. The molecule has 1 atom stereocenters. The van der Waals surface area contributed by atoms with Gasteiger partial charge in [0.05, 0.1) is 17.1 Å². The van der Waals surface area contributed by atoms with Crippen LogP contribution in [0.3, 0.4) is 0 Å². The fraction of sp³-hybridized carbons (Fsp3) is 0.519. The highest BCUT2D eigenvalue weighted by Gasteiger charge is 2.42. The number of benzene rings is 2. The topological polar surface area (TPSA) is 47.3 Å². The van der Waals surface area contributed by atoms with Gasteiger partial charge in [0.2, 0.25) is 0 Å². The highest BCUT2D eigenvalue weighted by atomic mass is 16.5. The number of para-hydroxylation sites is 2. The van der Waals surface area contributed by atoms with Gasteiger partial charge in [-0.15, -0.1) is 0 Å². The first kappa shape index (κ1) is 21.9. The molecule has 0 fully saturated rings. The van der Waals surface area contributed by atoms with Crippen molar-refractivity contribution in [1.82, 2.24) is 9.55 Å². The zero-order chi connectivity index (χ0) is 21.8. The van der Waals surface area contributed by atoms with Gasteiger partial charge in [0.1, 0.15) is 11.6 Å². The molecule has 1 unspecified atom stereocenters. The number of fused-ring (bicyclic) bond motifs is 2. The normalized spacial score (nSPS) is 17.6. The van der Waals surface area contributed by atoms with Crippen LogP contribution in [0.4, 0.5) is 0 Å². The van der Waals surface area contributed by atoms with E-state index < -0.39 is 6.10 Å². The molecular formula is C27H36N2O2. The maximum Gasteiger partial charge on any atom is 0.166 e. The summed E-state index contributed by atoms with van der Waals surface area (Å²) in [5.74, 6) is 1.84. The summed E-state index contributed by atoms with van der Waals surface area (Å²) in [6.07, 6.45) is 8.52. The summed E-state index contributed by atoms with van der Waals surface area (Å²) in [4.78, 5) is 4.64. The van der Waals surface area contributed by atoms with Crippen LogP contribution in [0, 0.1) is 12.3 Å². The Kier molecular flexibility index (Phi) is 6.66. The lowest BCUT2D eigenvalue weighted by molar-refractivity contribution is -0.0104. The quantitative estimate of drug-likeness (QED) is 0.417. The molecule has 0 spiro atoms. The molecular weight excluding hydrogens is 384 g/mol. The van der Waals surface area contributed by atoms with Crippen LogP contribution in [0.15, 0.2) is 42.5 Å². The molecule has 3 aromatic rings. The molecule has 0 bridgehead atoms. The standard InChI is InChI=1S/C27H36N2O2/c1-4-6-16-27(17-7-5-2)18-15-21-22(26(27)30)11-10-14-25(21)31-19-29-20(3)28-23-12-8-9-13-24(23)29/h8-14,26,30H,4-7,15-19H2,1-3H3. The van der Waals surface area contributed by atoms with E-state index in [1.54, 1.807) is 0 Å². The van der Waals surface area contributed by atoms with Gasteiger partial charge in [-0.25, -0.2) is 4.98 Å². The van der Waals surface area contributed by atoms with Crippen molar-refractivity contribution in [2.45, 2.75) is 85.0 Å². The molecule has 1 aliphatic rings. The number of nitrogens with zero attached hydrogens (tertiary/aromatic N) is 2. The fourth-order valence-corrected chi connectivity index (χ4v) is 5.28. The van der Waals surface area contributed by atoms with Crippen molar-refractivity contribution >= 4 is 11.0 Å². The number of hydrogen-bond acceptors (Lipinski definition) is 3. The molecule has 1 aliphatic carbocycles. The number of aryl methyl sites for hydroxylation is 1. The first-order valence-electron chi connectivity index (χ1n) is 11.9. The molecule has 1 heterocycles. The van der Waals surface area contributed by atoms with Crippen molar-refractivity contribution in [1.29, 1.82) is 0 Å². The monoisotopic (exact) mass is 420 g/mol. The molecule has 4 rings (SSSR count). The Hall–Kier alpha value is -2.33. The third-order valence-electron chi connectivity index (χ3n) is 7.17. The van der Waals surface area contributed by atoms with E-state index >= 15 is 0 Å². The Bertz CT molecular complexity index is 1020. The zero-order valence-electron chi connectivity index (χ0n) is 19.2. The van der Waals surface area contributed by atoms with Gasteiger partial charge in [-0.2, -0.15) is 0 Å². The summed E-state index contributed by atoms with van der Waals surface area (Å²) in [7, 11) is 0. The van der Waals surface area contributed by atoms with E-state index in [4.69, 9.17) is 4.74 Å². The smallest absolute Gasteiger partial charge is 0.166 e. The van der Waals surface area contributed by atoms with E-state index in [9.17, 15) is 5.11 Å². The Labute approximate surface area is 186 Å². The van der Waals surface area contributed by atoms with E-state index in [2.05, 4.69) is 35.5 Å². The van der Waals surface area contributed by atoms with Gasteiger partial charge in [0.25, 0.3) is 0 Å². The summed E-state index contributed by atoms with van der Waals surface area (Å²) in [6.45, 7) is 6.92. The number of unbranched alkanes of at least 4 members (excludes halogenated alkanes) is 2. The first-order valence-corrected chi connectivity index (χ1v) is 11.9. The van der Waals surface area contributed by atoms with Crippen LogP contribution in [-0.4, -0.2) is 14.7 Å². The van der Waals surface area contributed by atoms with Gasteiger partial charge in [-0.05, 0) is 56.4 Å². The van der Waals surface area contributed by atoms with Crippen LogP contribution in [-0.2, 0) is 13.2 Å². The summed E-state index contributed by atoms with van der Waals surface area (Å²) >= 11 is 0. The summed E-state index contributed by atoms with van der Waals surface area (Å²) < 4.78 is 8.44. The molecule has 4 heteroatoms. The number of aliphatic hydroxyl groups is 1. The predicted molar refractivity (Wildman–Crippen MR) is 126 cm³/mol. The maximum atomic E-state index is 11.5. The second-order valence-electron chi connectivity index (χ2n) is 9.15. The molecule has 1 aromatic heterocycles. The SMILES string of the molecule is CCCCC1(CCCC)CCc2c(OCn3c(C)nc4ccccc43)cccc2C1O. The molecule has 4 nitrogen and oxygen atoms in total. The molecule has 0 aliphatic heterocycles. The first-order chi connectivity index (χ1) is 15.1. The minimum absolute atomic E-state index is 0.00871. The average molecular weight is 421 g/mol. The average Bonchev–Trinajstić information content (AvgIpc) is 3.11. The van der Waals surface area contributed by atoms with E-state index in [-0.39, 0.29) is 5.41 Å². The molecule has 0 saturated carbocycles. The van der Waals surface area contributed by atoms with Crippen molar-refractivity contribution in [3.05, 3.63) is 59.4 Å². The maximum absolute atomic E-state index is 11.5. The van der Waals surface area contributed by atoms with Gasteiger partial charge >= 0.3 is 0 Å². The largest absolute Gasteiger partial charge is 0.472 e. The van der Waals surface area contributed by atoms with Gasteiger partial charge in [-0.1, -0.05) is 63.8 Å². The van der Waals surface area contributed by atoms with Crippen LogP contribution >= 0.6 is 0 Å². The predicted octanol–water partition coefficient (Wildman–Crippen LogP) is 6.73. The fourth-order valence-electron chi connectivity index (χ4n) is 5.28. The summed E-state index contributed by atoms with van der Waals surface area (Å²) in [5, 5.41) is 11.5. The number of aromatic nitrogens is 2. The second-order valence-corrected chi connectivity index (χ2v) is 9.15. The van der Waals surface area contributed by atoms with Crippen molar-refractivity contribution in [2.24, 2.45) is 5.41 Å². The summed E-state index contributed by atoms with van der Waals surface area (Å²) in [6, 6.07) is 14.4. The lowest BCUT2D eigenvalue weighted by Crippen LogP contribution is -2.34. The number of aliphatic hydroxyl groups excluding tert-OH is 1. The highest BCUT2D eigenvalue weighted by molar-refractivity contribution is 5.75. The number of hydrogen-bond donors (Lipinski definition) is 1. The lowest BCUT2D eigenvalue weighted by atomic mass is 9.64. The number of imidazole rings is 1. The molecule has 0 saturated heterocycles. The van der Waals surface area contributed by atoms with Crippen molar-refractivity contribution in [3.8, 4) is 5.75 Å². The van der Waals surface area contributed by atoms with Gasteiger partial charge in [-0.3, -0.25) is 4.57 Å². The van der Waals surface area contributed by atoms with Crippen LogP contribution in [0.1, 0.15) is 81.8 Å². The van der Waals surface area contributed by atoms with Crippen LogP contribution < -0.4 is 4.74 Å². The van der Waals surface area contributed by atoms with Gasteiger partial charge in [0.15, 0.2) is 6.73 Å². The molecule has 1 N–H and O–H groups in total. The van der Waals surface area contributed by atoms with Crippen molar-refractivity contribution in [2.75, 3.05) is 0 Å². The van der Waals surface area contributed by atoms with Crippen LogP contribution in [0.5, 0.6) is 5.75 Å². The Morgan fingerprint density at radius 3 is 2.55 bits per heavy atom. The Balaban J connectivity index is 1.59. The van der Waals surface area contributed by atoms with Gasteiger partial charge < -0.3 is 9.84 Å². The zero-order valence-corrected chi connectivity index (χ0v) is 19.2. The van der Waals surface area contributed by atoms with Crippen molar-refractivity contribution in [3.63, 3.8) is 0 Å². The van der Waals surface area contributed by atoms with Gasteiger partial charge in [0, 0.05) is 11.0 Å². The number of rotatable bonds is 9. The van der Waals surface area contributed by atoms with E-state index in [1.807, 2.05) is 37.3 Å². The third kappa shape index (κ3) is 4.23. The van der Waals surface area contributed by atoms with E-state index in [0.717, 1.165) is 53.9 Å². The van der Waals surface area contributed by atoms with Crippen LogP contribution in [0.2, 0.25) is 0 Å².